The summed E-state index contributed by atoms with van der Waals surface area (Å²) < 4.78 is 24.6. The predicted octanol–water partition coefficient (Wildman–Crippen LogP) is 4.05. The second-order valence-corrected chi connectivity index (χ2v) is 8.95. The molecular formula is C31H25NO8. The maximum atomic E-state index is 13.1. The number of hydrogen-bond acceptors (Lipinski definition) is 8. The molecule has 0 N–H and O–H groups in total. The number of rotatable bonds is 8. The number of pyridine rings is 1. The van der Waals surface area contributed by atoms with E-state index in [1.807, 2.05) is 0 Å². The molecule has 1 saturated heterocycles. The molecule has 9 heteroatoms. The van der Waals surface area contributed by atoms with E-state index in [0.29, 0.717) is 5.56 Å². The highest BCUT2D eigenvalue weighted by atomic mass is 16.7. The van der Waals surface area contributed by atoms with Crippen molar-refractivity contribution in [2.24, 2.45) is 0 Å². The summed E-state index contributed by atoms with van der Waals surface area (Å²) in [6, 6.07) is 29.4. The van der Waals surface area contributed by atoms with Crippen LogP contribution in [0, 0.1) is 0 Å². The molecule has 0 aliphatic carbocycles. The lowest BCUT2D eigenvalue weighted by atomic mass is 10.1. The van der Waals surface area contributed by atoms with E-state index in [-0.39, 0.29) is 17.7 Å². The molecule has 40 heavy (non-hydrogen) atoms. The average molecular weight is 540 g/mol. The summed E-state index contributed by atoms with van der Waals surface area (Å²) in [5.74, 6) is -2.02. The third-order valence-corrected chi connectivity index (χ3v) is 6.30. The van der Waals surface area contributed by atoms with E-state index in [4.69, 9.17) is 18.9 Å². The minimum Gasteiger partial charge on any atom is -0.459 e. The van der Waals surface area contributed by atoms with Gasteiger partial charge in [-0.05, 0) is 42.5 Å². The van der Waals surface area contributed by atoms with Gasteiger partial charge in [0, 0.05) is 12.3 Å². The Morgan fingerprint density at radius 1 is 0.625 bits per heavy atom. The molecule has 2 heterocycles. The average Bonchev–Trinajstić information content (AvgIpc) is 3.33. The Kier molecular flexibility index (Phi) is 8.13. The van der Waals surface area contributed by atoms with Crippen LogP contribution in [0.3, 0.4) is 0 Å². The fourth-order valence-corrected chi connectivity index (χ4v) is 4.33. The first kappa shape index (κ1) is 26.6. The van der Waals surface area contributed by atoms with Gasteiger partial charge in [-0.15, -0.1) is 0 Å². The summed E-state index contributed by atoms with van der Waals surface area (Å²) in [4.78, 5) is 51.7. The highest BCUT2D eigenvalue weighted by Gasteiger charge is 2.51. The lowest BCUT2D eigenvalue weighted by Crippen LogP contribution is -2.42. The second-order valence-electron chi connectivity index (χ2n) is 8.95. The van der Waals surface area contributed by atoms with Gasteiger partial charge >= 0.3 is 17.9 Å². The number of carbonyl (C=O) groups is 3. The summed E-state index contributed by atoms with van der Waals surface area (Å²) in [7, 11) is 0. The quantitative estimate of drug-likeness (QED) is 0.244. The van der Waals surface area contributed by atoms with E-state index in [1.165, 1.54) is 16.8 Å². The molecule has 0 unspecified atom stereocenters. The summed E-state index contributed by atoms with van der Waals surface area (Å²) in [5.41, 5.74) is 0.411. The topological polar surface area (TPSA) is 110 Å². The molecule has 0 amide bonds. The van der Waals surface area contributed by atoms with E-state index in [1.54, 1.807) is 103 Å². The lowest BCUT2D eigenvalue weighted by molar-refractivity contribution is -0.0634. The molecular weight excluding hydrogens is 514 g/mol. The normalized spacial score (nSPS) is 19.9. The van der Waals surface area contributed by atoms with Crippen LogP contribution in [0.4, 0.5) is 0 Å². The van der Waals surface area contributed by atoms with Crippen molar-refractivity contribution >= 4 is 17.9 Å². The van der Waals surface area contributed by atoms with Crippen molar-refractivity contribution in [1.29, 1.82) is 0 Å². The number of hydrogen-bond donors (Lipinski definition) is 0. The molecule has 1 aromatic heterocycles. The van der Waals surface area contributed by atoms with Gasteiger partial charge < -0.3 is 18.9 Å². The van der Waals surface area contributed by atoms with Gasteiger partial charge in [0.25, 0.3) is 5.56 Å². The third kappa shape index (κ3) is 6.00. The van der Waals surface area contributed by atoms with Crippen molar-refractivity contribution < 1.29 is 33.3 Å². The van der Waals surface area contributed by atoms with Gasteiger partial charge in [-0.3, -0.25) is 9.36 Å². The van der Waals surface area contributed by atoms with Gasteiger partial charge in [0.1, 0.15) is 12.7 Å². The van der Waals surface area contributed by atoms with Crippen molar-refractivity contribution in [1.82, 2.24) is 4.57 Å². The Labute approximate surface area is 229 Å². The third-order valence-electron chi connectivity index (χ3n) is 6.30. The molecule has 1 aliphatic heterocycles. The van der Waals surface area contributed by atoms with Gasteiger partial charge in [0.05, 0.1) is 16.7 Å². The Morgan fingerprint density at radius 2 is 1.10 bits per heavy atom. The summed E-state index contributed by atoms with van der Waals surface area (Å²) in [6.07, 6.45) is -3.23. The minimum atomic E-state index is -1.25. The van der Waals surface area contributed by atoms with Crippen molar-refractivity contribution in [3.63, 3.8) is 0 Å². The fourth-order valence-electron chi connectivity index (χ4n) is 4.33. The van der Waals surface area contributed by atoms with E-state index in [2.05, 4.69) is 0 Å². The van der Waals surface area contributed by atoms with Gasteiger partial charge in [0.15, 0.2) is 18.4 Å². The number of carbonyl (C=O) groups excluding carboxylic acids is 3. The highest BCUT2D eigenvalue weighted by molar-refractivity contribution is 5.91. The van der Waals surface area contributed by atoms with Gasteiger partial charge in [-0.1, -0.05) is 60.7 Å². The number of esters is 3. The Hall–Kier alpha value is -5.02. The summed E-state index contributed by atoms with van der Waals surface area (Å²) in [6.45, 7) is -0.335. The molecule has 5 rings (SSSR count). The van der Waals surface area contributed by atoms with Crippen molar-refractivity contribution in [3.05, 3.63) is 142 Å². The Bertz CT molecular complexity index is 1520. The summed E-state index contributed by atoms with van der Waals surface area (Å²) >= 11 is 0. The molecule has 1 aliphatic rings. The first-order chi connectivity index (χ1) is 19.5. The number of ether oxygens (including phenoxy) is 4. The molecule has 4 aromatic rings. The number of aromatic nitrogens is 1. The van der Waals surface area contributed by atoms with Crippen LogP contribution in [0.1, 0.15) is 37.3 Å². The molecule has 0 radical (unpaired) electrons. The van der Waals surface area contributed by atoms with Crippen LogP contribution in [0.2, 0.25) is 0 Å². The van der Waals surface area contributed by atoms with Crippen LogP contribution in [0.5, 0.6) is 0 Å². The Morgan fingerprint density at radius 3 is 1.62 bits per heavy atom. The van der Waals surface area contributed by atoms with Gasteiger partial charge in [-0.25, -0.2) is 14.4 Å². The van der Waals surface area contributed by atoms with Crippen LogP contribution in [-0.4, -0.2) is 47.4 Å². The maximum absolute atomic E-state index is 13.1. The summed E-state index contributed by atoms with van der Waals surface area (Å²) in [5, 5.41) is 0. The van der Waals surface area contributed by atoms with E-state index < -0.39 is 48.0 Å². The second kappa shape index (κ2) is 12.2. The monoisotopic (exact) mass is 539 g/mol. The zero-order valence-electron chi connectivity index (χ0n) is 21.2. The SMILES string of the molecule is O=C(OC[C@H]1O[C@@H](n2ccccc2=O)[C@H](OC(=O)c2ccccc2)[C@@H]1OC(=O)c1ccccc1)c1ccccc1. The zero-order chi connectivity index (χ0) is 27.9. The molecule has 9 nitrogen and oxygen atoms in total. The highest BCUT2D eigenvalue weighted by Crippen LogP contribution is 2.34. The van der Waals surface area contributed by atoms with E-state index in [9.17, 15) is 19.2 Å². The number of nitrogens with zero attached hydrogens (tertiary/aromatic N) is 1. The predicted molar refractivity (Wildman–Crippen MR) is 143 cm³/mol. The van der Waals surface area contributed by atoms with Crippen molar-refractivity contribution in [2.75, 3.05) is 6.61 Å². The van der Waals surface area contributed by atoms with Crippen LogP contribution in [-0.2, 0) is 18.9 Å². The van der Waals surface area contributed by atoms with Crippen molar-refractivity contribution in [2.45, 2.75) is 24.5 Å². The molecule has 1 fully saturated rings. The maximum Gasteiger partial charge on any atom is 0.338 e. The Balaban J connectivity index is 1.48. The fraction of sp³-hybridized carbons (Fsp3) is 0.161. The van der Waals surface area contributed by atoms with E-state index in [0.717, 1.165) is 0 Å². The van der Waals surface area contributed by atoms with Crippen molar-refractivity contribution in [3.8, 4) is 0 Å². The first-order valence-corrected chi connectivity index (χ1v) is 12.6. The molecule has 3 aromatic carbocycles. The lowest BCUT2D eigenvalue weighted by Gasteiger charge is -2.25. The smallest absolute Gasteiger partial charge is 0.338 e. The van der Waals surface area contributed by atoms with E-state index >= 15 is 0 Å². The zero-order valence-corrected chi connectivity index (χ0v) is 21.2. The molecule has 0 spiro atoms. The minimum absolute atomic E-state index is 0.258. The molecule has 0 saturated carbocycles. The van der Waals surface area contributed by atoms with Crippen LogP contribution in [0.25, 0.3) is 0 Å². The molecule has 0 bridgehead atoms. The standard InChI is InChI=1S/C31H25NO8/c33-25-18-10-11-19-32(25)28-27(40-31(36)23-16-8-3-9-17-23)26(39-30(35)22-14-6-2-7-15-22)24(38-28)20-37-29(34)21-12-4-1-5-13-21/h1-19,24,26-28H,20H2/t24-,26-,27-,28-/m1/s1. The first-order valence-electron chi connectivity index (χ1n) is 12.6. The number of benzene rings is 3. The van der Waals surface area contributed by atoms with Crippen LogP contribution in [0.15, 0.2) is 120 Å². The largest absolute Gasteiger partial charge is 0.459 e. The van der Waals surface area contributed by atoms with Crippen LogP contribution < -0.4 is 5.56 Å². The molecule has 4 atom stereocenters. The van der Waals surface area contributed by atoms with Crippen LogP contribution >= 0.6 is 0 Å². The molecule has 202 valence electrons. The van der Waals surface area contributed by atoms with Gasteiger partial charge in [0.2, 0.25) is 0 Å². The van der Waals surface area contributed by atoms with Gasteiger partial charge in [-0.2, -0.15) is 0 Å².